The minimum atomic E-state index is -4.22. The first kappa shape index (κ1) is 26.3. The van der Waals surface area contributed by atoms with Gasteiger partial charge in [-0.05, 0) is 60.0 Å². The van der Waals surface area contributed by atoms with E-state index in [-0.39, 0.29) is 30.5 Å². The molecule has 1 saturated heterocycles. The highest BCUT2D eigenvalue weighted by atomic mass is 127. The zero-order valence-electron chi connectivity index (χ0n) is 18.2. The Kier molecular flexibility index (Phi) is 8.83. The van der Waals surface area contributed by atoms with Crippen molar-refractivity contribution in [1.82, 2.24) is 19.8 Å². The molecule has 0 aliphatic carbocycles. The quantitative estimate of drug-likeness (QED) is 0.271. The van der Waals surface area contributed by atoms with Gasteiger partial charge in [0.25, 0.3) is 10.2 Å². The SMILES string of the molecule is CN1CCN(C(=O)NCCNS(=O)(=O)Nc2ccc(F)c(F)c2Nc2ccc(I)cc2F)CC1. The number of benzene rings is 2. The van der Waals surface area contributed by atoms with Crippen LogP contribution in [0.5, 0.6) is 0 Å². The fraction of sp³-hybridized carbons (Fsp3) is 0.350. The van der Waals surface area contributed by atoms with Crippen LogP contribution in [0.15, 0.2) is 30.3 Å². The van der Waals surface area contributed by atoms with E-state index in [1.165, 1.54) is 12.1 Å². The average Bonchev–Trinajstić information content (AvgIpc) is 2.78. The van der Waals surface area contributed by atoms with Crippen LogP contribution in [-0.4, -0.2) is 70.6 Å². The van der Waals surface area contributed by atoms with E-state index in [2.05, 4.69) is 25.0 Å². The van der Waals surface area contributed by atoms with Crippen molar-refractivity contribution in [2.45, 2.75) is 0 Å². The van der Waals surface area contributed by atoms with Gasteiger partial charge in [0.2, 0.25) is 0 Å². The summed E-state index contributed by atoms with van der Waals surface area (Å²) in [6.45, 7) is 2.52. The maximum atomic E-state index is 14.5. The summed E-state index contributed by atoms with van der Waals surface area (Å²) in [5.74, 6) is -3.34. The van der Waals surface area contributed by atoms with Crippen LogP contribution in [0, 0.1) is 21.0 Å². The number of hydrogen-bond acceptors (Lipinski definition) is 5. The van der Waals surface area contributed by atoms with E-state index in [0.29, 0.717) is 16.7 Å². The zero-order valence-corrected chi connectivity index (χ0v) is 21.1. The van der Waals surface area contributed by atoms with Crippen LogP contribution < -0.4 is 20.1 Å². The molecule has 0 saturated carbocycles. The number of halogens is 4. The summed E-state index contributed by atoms with van der Waals surface area (Å²) in [6.07, 6.45) is 0. The second kappa shape index (κ2) is 11.4. The van der Waals surface area contributed by atoms with Crippen molar-refractivity contribution in [3.63, 3.8) is 0 Å². The Morgan fingerprint density at radius 1 is 1.00 bits per heavy atom. The zero-order chi connectivity index (χ0) is 24.9. The Morgan fingerprint density at radius 3 is 2.35 bits per heavy atom. The van der Waals surface area contributed by atoms with Crippen molar-refractivity contribution in [2.75, 3.05) is 56.4 Å². The van der Waals surface area contributed by atoms with E-state index in [1.54, 1.807) is 11.0 Å². The van der Waals surface area contributed by atoms with Gasteiger partial charge in [-0.25, -0.2) is 18.0 Å². The van der Waals surface area contributed by atoms with Gasteiger partial charge in [0.15, 0.2) is 11.6 Å². The lowest BCUT2D eigenvalue weighted by atomic mass is 10.2. The highest BCUT2D eigenvalue weighted by Gasteiger charge is 2.21. The van der Waals surface area contributed by atoms with Crippen LogP contribution in [0.2, 0.25) is 0 Å². The molecule has 2 aromatic carbocycles. The fourth-order valence-corrected chi connectivity index (χ4v) is 4.50. The molecule has 1 aliphatic rings. The molecule has 0 atom stereocenters. The van der Waals surface area contributed by atoms with Gasteiger partial charge in [0, 0.05) is 42.8 Å². The van der Waals surface area contributed by atoms with Crippen LogP contribution >= 0.6 is 22.6 Å². The topological polar surface area (TPSA) is 106 Å². The number of anilines is 3. The predicted molar refractivity (Wildman–Crippen MR) is 132 cm³/mol. The number of piperazine rings is 1. The predicted octanol–water partition coefficient (Wildman–Crippen LogP) is 2.66. The van der Waals surface area contributed by atoms with Crippen molar-refractivity contribution in [3.8, 4) is 0 Å². The Morgan fingerprint density at radius 2 is 1.68 bits per heavy atom. The molecule has 1 fully saturated rings. The number of likely N-dealkylation sites (N-methyl/N-ethyl adjacent to an activating group) is 1. The number of hydrogen-bond donors (Lipinski definition) is 4. The number of nitrogens with zero attached hydrogens (tertiary/aromatic N) is 2. The summed E-state index contributed by atoms with van der Waals surface area (Å²) in [4.78, 5) is 15.9. The van der Waals surface area contributed by atoms with Crippen molar-refractivity contribution in [1.29, 1.82) is 0 Å². The highest BCUT2D eigenvalue weighted by Crippen LogP contribution is 2.32. The molecule has 2 aromatic rings. The molecule has 1 aliphatic heterocycles. The molecular weight excluding hydrogens is 588 g/mol. The number of urea groups is 1. The highest BCUT2D eigenvalue weighted by molar-refractivity contribution is 14.1. The number of rotatable bonds is 8. The van der Waals surface area contributed by atoms with E-state index < -0.39 is 33.3 Å². The average molecular weight is 612 g/mol. The summed E-state index contributed by atoms with van der Waals surface area (Å²) < 4.78 is 72.2. The van der Waals surface area contributed by atoms with Crippen molar-refractivity contribution < 1.29 is 26.4 Å². The normalized spacial score (nSPS) is 14.7. The van der Waals surface area contributed by atoms with Gasteiger partial charge in [-0.15, -0.1) is 0 Å². The lowest BCUT2D eigenvalue weighted by Gasteiger charge is -2.32. The molecule has 0 unspecified atom stereocenters. The van der Waals surface area contributed by atoms with Crippen molar-refractivity contribution in [2.24, 2.45) is 0 Å². The minimum Gasteiger partial charge on any atom is -0.349 e. The van der Waals surface area contributed by atoms with Crippen LogP contribution in [-0.2, 0) is 10.2 Å². The molecule has 0 bridgehead atoms. The van der Waals surface area contributed by atoms with E-state index in [4.69, 9.17) is 0 Å². The maximum absolute atomic E-state index is 14.5. The molecule has 9 nitrogen and oxygen atoms in total. The molecule has 0 aromatic heterocycles. The largest absolute Gasteiger partial charge is 0.349 e. The Labute approximate surface area is 209 Å². The van der Waals surface area contributed by atoms with Gasteiger partial charge < -0.3 is 20.4 Å². The summed E-state index contributed by atoms with van der Waals surface area (Å²) in [6, 6.07) is 5.51. The third-order valence-electron chi connectivity index (χ3n) is 5.01. The van der Waals surface area contributed by atoms with Crippen LogP contribution in [0.4, 0.5) is 35.0 Å². The molecule has 14 heteroatoms. The third-order valence-corrected chi connectivity index (χ3v) is 6.76. The molecule has 34 heavy (non-hydrogen) atoms. The van der Waals surface area contributed by atoms with Crippen LogP contribution in [0.1, 0.15) is 0 Å². The van der Waals surface area contributed by atoms with E-state index in [9.17, 15) is 26.4 Å². The molecule has 0 spiro atoms. The smallest absolute Gasteiger partial charge is 0.317 e. The number of carbonyl (C=O) groups excluding carboxylic acids is 1. The standard InChI is InChI=1S/C20H24F3IN6O3S/c1-29-8-10-30(11-9-29)20(31)25-6-7-26-34(32,33)28-17-5-3-14(21)18(23)19(17)27-16-4-2-13(24)12-15(16)22/h2-5,12,26-28H,6-11H2,1H3,(H,25,31). The second-order valence-corrected chi connectivity index (χ2v) is 10.3. The minimum absolute atomic E-state index is 0.0167. The van der Waals surface area contributed by atoms with E-state index in [1.807, 2.05) is 29.6 Å². The first-order chi connectivity index (χ1) is 16.1. The van der Waals surface area contributed by atoms with Crippen molar-refractivity contribution in [3.05, 3.63) is 51.4 Å². The van der Waals surface area contributed by atoms with Crippen molar-refractivity contribution >= 4 is 55.9 Å². The first-order valence-corrected chi connectivity index (χ1v) is 12.8. The fourth-order valence-electron chi connectivity index (χ4n) is 3.14. The number of amides is 2. The van der Waals surface area contributed by atoms with Gasteiger partial charge in [-0.1, -0.05) is 0 Å². The molecule has 1 heterocycles. The van der Waals surface area contributed by atoms with Gasteiger partial charge in [0.1, 0.15) is 11.5 Å². The van der Waals surface area contributed by atoms with E-state index >= 15 is 0 Å². The summed E-state index contributed by atoms with van der Waals surface area (Å²) >= 11 is 1.89. The first-order valence-electron chi connectivity index (χ1n) is 10.2. The van der Waals surface area contributed by atoms with Gasteiger partial charge >= 0.3 is 6.03 Å². The molecule has 3 rings (SSSR count). The van der Waals surface area contributed by atoms with E-state index in [0.717, 1.165) is 25.2 Å². The summed E-state index contributed by atoms with van der Waals surface area (Å²) in [7, 11) is -2.26. The van der Waals surface area contributed by atoms with Gasteiger partial charge in [-0.3, -0.25) is 4.72 Å². The maximum Gasteiger partial charge on any atom is 0.317 e. The number of nitrogens with one attached hydrogen (secondary N) is 4. The van der Waals surface area contributed by atoms with Gasteiger partial charge in [0.05, 0.1) is 11.4 Å². The van der Waals surface area contributed by atoms with Crippen LogP contribution in [0.3, 0.4) is 0 Å². The lowest BCUT2D eigenvalue weighted by Crippen LogP contribution is -2.51. The molecular formula is C20H24F3IN6O3S. The Hall–Kier alpha value is -2.30. The Bertz CT molecular complexity index is 1150. The summed E-state index contributed by atoms with van der Waals surface area (Å²) in [5.41, 5.74) is -1.07. The molecule has 2 amide bonds. The monoisotopic (exact) mass is 612 g/mol. The Balaban J connectivity index is 1.61. The second-order valence-electron chi connectivity index (χ2n) is 7.56. The summed E-state index contributed by atoms with van der Waals surface area (Å²) in [5, 5.41) is 5.03. The third kappa shape index (κ3) is 7.10. The molecule has 186 valence electrons. The molecule has 4 N–H and O–H groups in total. The molecule has 0 radical (unpaired) electrons. The van der Waals surface area contributed by atoms with Crippen LogP contribution in [0.25, 0.3) is 0 Å². The lowest BCUT2D eigenvalue weighted by molar-refractivity contribution is 0.154. The van der Waals surface area contributed by atoms with Gasteiger partial charge in [-0.2, -0.15) is 13.1 Å². The number of carbonyl (C=O) groups is 1.